The van der Waals surface area contributed by atoms with E-state index in [4.69, 9.17) is 0 Å². The highest BCUT2D eigenvalue weighted by molar-refractivity contribution is 6.89. The van der Waals surface area contributed by atoms with E-state index in [-0.39, 0.29) is 22.5 Å². The van der Waals surface area contributed by atoms with Gasteiger partial charge in [0.05, 0.1) is 38.9 Å². The van der Waals surface area contributed by atoms with Gasteiger partial charge >= 0.3 is 0 Å². The molecule has 12 aromatic rings. The molecule has 0 unspecified atom stereocenters. The molecule has 12 rings (SSSR count). The van der Waals surface area contributed by atoms with Gasteiger partial charge in [-0.3, -0.25) is 0 Å². The smallest absolute Gasteiger partial charge is 0.148 e. The first-order chi connectivity index (χ1) is 35.6. The molecule has 0 aliphatic heterocycles. The lowest BCUT2D eigenvalue weighted by atomic mass is 9.91. The fraction of sp³-hybridized carbons (Fsp3) is 0.0909. The Morgan fingerprint density at radius 2 is 0.649 bits per heavy atom. The van der Waals surface area contributed by atoms with E-state index in [0.717, 1.165) is 53.9 Å². The normalized spacial score (nSPS) is 12.2. The number of fused-ring (bicyclic) bond motifs is 2. The first-order valence-corrected chi connectivity index (χ1v) is 32.1. The van der Waals surface area contributed by atoms with Gasteiger partial charge in [0.2, 0.25) is 0 Å². The third-order valence-electron chi connectivity index (χ3n) is 14.8. The molecule has 0 saturated heterocycles. The lowest BCUT2D eigenvalue weighted by Crippen LogP contribution is -2.37. The second-order valence-electron chi connectivity index (χ2n) is 21.5. The Labute approximate surface area is 430 Å². The molecule has 0 radical (unpaired) electrons. The van der Waals surface area contributed by atoms with Crippen LogP contribution in [0.3, 0.4) is 0 Å². The molecule has 0 N–H and O–H groups in total. The van der Waals surface area contributed by atoms with Crippen LogP contribution < -0.4 is 20.2 Å². The maximum atomic E-state index is 17.3. The molecule has 0 aromatic heterocycles. The number of hydrogen-bond acceptors (Lipinski definition) is 2. The Kier molecular flexibility index (Phi) is 11.3. The van der Waals surface area contributed by atoms with Gasteiger partial charge in [-0.1, -0.05) is 183 Å². The molecular formula is C66H52F4N2Si2. The molecule has 2 nitrogen and oxygen atoms in total. The highest BCUT2D eigenvalue weighted by Gasteiger charge is 2.28. The predicted octanol–water partition coefficient (Wildman–Crippen LogP) is 18.8. The standard InChI is InChI=1S/C66H52F4N2Si2/c1-73(2,3)51-27-23-49(24-28-51)71(63-39-57(67)55(37-59(63)69)47-17-15-41-11-7-9-13-45(41)35-47)61-33-21-43-20-32-54-62(34-22-44-19-31-53(61)65(43)66(44)54)72(50-25-29-52(30-26-50)74(4,5)6)64-40-58(68)56(38-60(64)70)48-18-16-42-12-8-10-14-46(42)36-48/h7-40H,1-6H3. The SMILES string of the molecule is C[Si](C)(C)c1ccc(N(c2cc(F)c(-c3ccc4ccccc4c3)cc2F)c2ccc3ccc4c(N(c5ccc([Si](C)(C)C)cc5)c5cc(F)c(-c6ccc7ccccc7c6)cc5F)ccc5ccc2c3c54)cc1. The monoisotopic (exact) mass is 1000 g/mol. The molecule has 0 saturated carbocycles. The Morgan fingerprint density at radius 1 is 0.297 bits per heavy atom. The van der Waals surface area contributed by atoms with Crippen LogP contribution in [0.5, 0.6) is 0 Å². The Balaban J connectivity index is 1.05. The van der Waals surface area contributed by atoms with Gasteiger partial charge in [0.15, 0.2) is 0 Å². The van der Waals surface area contributed by atoms with Crippen molar-refractivity contribution in [2.45, 2.75) is 39.3 Å². The summed E-state index contributed by atoms with van der Waals surface area (Å²) in [6.07, 6.45) is 0. The maximum Gasteiger partial charge on any atom is 0.148 e. The van der Waals surface area contributed by atoms with Gasteiger partial charge < -0.3 is 9.80 Å². The van der Waals surface area contributed by atoms with E-state index in [0.29, 0.717) is 33.9 Å². The first kappa shape index (κ1) is 47.0. The fourth-order valence-electron chi connectivity index (χ4n) is 10.8. The zero-order valence-corrected chi connectivity index (χ0v) is 44.0. The van der Waals surface area contributed by atoms with Crippen molar-refractivity contribution in [2.24, 2.45) is 0 Å². The van der Waals surface area contributed by atoms with Crippen molar-refractivity contribution in [3.05, 3.63) is 230 Å². The lowest BCUT2D eigenvalue weighted by Gasteiger charge is -2.30. The second-order valence-corrected chi connectivity index (χ2v) is 31.7. The predicted molar refractivity (Wildman–Crippen MR) is 311 cm³/mol. The summed E-state index contributed by atoms with van der Waals surface area (Å²) in [6.45, 7) is 13.7. The molecule has 0 heterocycles. The number of benzene rings is 12. The first-order valence-electron chi connectivity index (χ1n) is 25.1. The summed E-state index contributed by atoms with van der Waals surface area (Å²) in [5.41, 5.74) is 4.33. The molecule has 12 aromatic carbocycles. The van der Waals surface area contributed by atoms with Crippen LogP contribution in [0.4, 0.5) is 51.7 Å². The zero-order chi connectivity index (χ0) is 51.2. The van der Waals surface area contributed by atoms with E-state index >= 15 is 17.6 Å². The van der Waals surface area contributed by atoms with Crippen molar-refractivity contribution < 1.29 is 17.6 Å². The van der Waals surface area contributed by atoms with Crippen LogP contribution in [0, 0.1) is 23.3 Å². The van der Waals surface area contributed by atoms with E-state index in [1.54, 1.807) is 0 Å². The van der Waals surface area contributed by atoms with Crippen LogP contribution in [-0.2, 0) is 0 Å². The van der Waals surface area contributed by atoms with E-state index in [1.807, 2.05) is 155 Å². The van der Waals surface area contributed by atoms with E-state index < -0.39 is 39.4 Å². The van der Waals surface area contributed by atoms with E-state index in [1.165, 1.54) is 34.6 Å². The van der Waals surface area contributed by atoms with Crippen molar-refractivity contribution in [1.29, 1.82) is 0 Å². The molecule has 0 fully saturated rings. The number of anilines is 6. The minimum absolute atomic E-state index is 0.0705. The Hall–Kier alpha value is -8.05. The van der Waals surface area contributed by atoms with Gasteiger partial charge in [0.1, 0.15) is 23.3 Å². The van der Waals surface area contributed by atoms with Crippen molar-refractivity contribution in [1.82, 2.24) is 0 Å². The number of halogens is 4. The van der Waals surface area contributed by atoms with Crippen molar-refractivity contribution in [3.63, 3.8) is 0 Å². The summed E-state index contributed by atoms with van der Waals surface area (Å²) in [5.74, 6) is -2.24. The van der Waals surface area contributed by atoms with Crippen LogP contribution in [0.2, 0.25) is 39.3 Å². The van der Waals surface area contributed by atoms with Crippen molar-refractivity contribution in [2.75, 3.05) is 9.80 Å². The van der Waals surface area contributed by atoms with Gasteiger partial charge in [-0.15, -0.1) is 0 Å². The molecule has 0 amide bonds. The van der Waals surface area contributed by atoms with Gasteiger partial charge in [-0.05, 0) is 115 Å². The van der Waals surface area contributed by atoms with Crippen LogP contribution in [0.1, 0.15) is 0 Å². The summed E-state index contributed by atoms with van der Waals surface area (Å²) in [7, 11) is -3.46. The van der Waals surface area contributed by atoms with Crippen molar-refractivity contribution >= 4 is 115 Å². The average Bonchev–Trinajstić information content (AvgIpc) is 3.40. The summed E-state index contributed by atoms with van der Waals surface area (Å²) in [6, 6.07) is 64.9. The molecule has 0 atom stereocenters. The van der Waals surface area contributed by atoms with Crippen LogP contribution in [0.25, 0.3) is 76.1 Å². The fourth-order valence-corrected chi connectivity index (χ4v) is 13.1. The second kappa shape index (κ2) is 17.9. The molecule has 8 heteroatoms. The third kappa shape index (κ3) is 8.19. The summed E-state index contributed by atoms with van der Waals surface area (Å²) in [5, 5.41) is 11.7. The van der Waals surface area contributed by atoms with Crippen LogP contribution in [0.15, 0.2) is 206 Å². The third-order valence-corrected chi connectivity index (χ3v) is 18.9. The molecule has 362 valence electrons. The highest BCUT2D eigenvalue weighted by atomic mass is 28.3. The Bertz CT molecular complexity index is 3890. The summed E-state index contributed by atoms with van der Waals surface area (Å²) < 4.78 is 68.2. The average molecular weight is 1010 g/mol. The maximum absolute atomic E-state index is 17.3. The minimum atomic E-state index is -1.73. The molecule has 74 heavy (non-hydrogen) atoms. The number of hydrogen-bond donors (Lipinski definition) is 0. The summed E-state index contributed by atoms with van der Waals surface area (Å²) in [4.78, 5) is 3.65. The minimum Gasteiger partial charge on any atom is -0.307 e. The van der Waals surface area contributed by atoms with Gasteiger partial charge in [0, 0.05) is 45.4 Å². The van der Waals surface area contributed by atoms with Gasteiger partial charge in [-0.25, -0.2) is 17.6 Å². The highest BCUT2D eigenvalue weighted by Crippen LogP contribution is 2.49. The number of nitrogens with zero attached hydrogens (tertiary/aromatic N) is 2. The van der Waals surface area contributed by atoms with Crippen molar-refractivity contribution in [3.8, 4) is 22.3 Å². The largest absolute Gasteiger partial charge is 0.307 e. The topological polar surface area (TPSA) is 6.48 Å². The quantitative estimate of drug-likeness (QED) is 0.0765. The lowest BCUT2D eigenvalue weighted by molar-refractivity contribution is 0.604. The van der Waals surface area contributed by atoms with Crippen LogP contribution >= 0.6 is 0 Å². The zero-order valence-electron chi connectivity index (χ0n) is 42.0. The van der Waals surface area contributed by atoms with Gasteiger partial charge in [0.25, 0.3) is 0 Å². The molecular weight excluding hydrogens is 953 g/mol. The summed E-state index contributed by atoms with van der Waals surface area (Å²) >= 11 is 0. The van der Waals surface area contributed by atoms with Crippen LogP contribution in [-0.4, -0.2) is 16.1 Å². The van der Waals surface area contributed by atoms with E-state index in [9.17, 15) is 0 Å². The molecule has 0 aliphatic rings. The Morgan fingerprint density at radius 3 is 1.03 bits per heavy atom. The number of rotatable bonds is 10. The van der Waals surface area contributed by atoms with Gasteiger partial charge in [-0.2, -0.15) is 0 Å². The molecule has 0 spiro atoms. The molecule has 0 aliphatic carbocycles. The molecule has 0 bridgehead atoms. The van der Waals surface area contributed by atoms with E-state index in [2.05, 4.69) is 75.7 Å².